The zero-order valence-electron chi connectivity index (χ0n) is 21.1. The van der Waals surface area contributed by atoms with Crippen molar-refractivity contribution < 1.29 is 8.42 Å². The number of hydrogen-bond donors (Lipinski definition) is 1. The minimum absolute atomic E-state index is 0.146. The number of nitrogens with zero attached hydrogens (tertiary/aromatic N) is 5. The fourth-order valence-corrected chi connectivity index (χ4v) is 5.15. The first-order valence-corrected chi connectivity index (χ1v) is 14.4. The van der Waals surface area contributed by atoms with Gasteiger partial charge in [-0.2, -0.15) is 0 Å². The maximum absolute atomic E-state index is 13.9. The molecule has 0 spiro atoms. The van der Waals surface area contributed by atoms with E-state index in [-0.39, 0.29) is 21.5 Å². The van der Waals surface area contributed by atoms with E-state index >= 15 is 0 Å². The maximum Gasteiger partial charge on any atom is 0.269 e. The largest absolute Gasteiger partial charge is 0.384 e. The smallest absolute Gasteiger partial charge is 0.269 e. The van der Waals surface area contributed by atoms with Crippen LogP contribution in [0.5, 0.6) is 0 Å². The molecule has 0 amide bonds. The van der Waals surface area contributed by atoms with E-state index < -0.39 is 9.84 Å². The van der Waals surface area contributed by atoms with Gasteiger partial charge in [0, 0.05) is 34.8 Å². The molecule has 9 nitrogen and oxygen atoms in total. The predicted octanol–water partition coefficient (Wildman–Crippen LogP) is 4.94. The highest BCUT2D eigenvalue weighted by molar-refractivity contribution is 7.90. The lowest BCUT2D eigenvalue weighted by Crippen LogP contribution is -2.21. The van der Waals surface area contributed by atoms with Crippen molar-refractivity contribution >= 4 is 38.3 Å². The van der Waals surface area contributed by atoms with Crippen LogP contribution in [0.1, 0.15) is 0 Å². The molecule has 0 unspecified atom stereocenters. The van der Waals surface area contributed by atoms with E-state index in [0.717, 1.165) is 17.4 Å². The van der Waals surface area contributed by atoms with Crippen molar-refractivity contribution in [2.45, 2.75) is 4.90 Å². The Labute approximate surface area is 234 Å². The van der Waals surface area contributed by atoms with Crippen LogP contribution in [0.15, 0.2) is 107 Å². The molecule has 0 aliphatic rings. The van der Waals surface area contributed by atoms with Gasteiger partial charge in [0.05, 0.1) is 16.3 Å². The molecule has 0 radical (unpaired) electrons. The predicted molar refractivity (Wildman–Crippen MR) is 156 cm³/mol. The first-order valence-electron chi connectivity index (χ1n) is 12.1. The highest BCUT2D eigenvalue weighted by Crippen LogP contribution is 2.27. The van der Waals surface area contributed by atoms with Gasteiger partial charge in [0.1, 0.15) is 17.0 Å². The summed E-state index contributed by atoms with van der Waals surface area (Å²) in [6, 6.07) is 24.5. The van der Waals surface area contributed by atoms with Gasteiger partial charge >= 0.3 is 0 Å². The number of nitrogens with two attached hydrogens (primary N) is 1. The first kappa shape index (κ1) is 25.5. The Morgan fingerprint density at radius 2 is 1.55 bits per heavy atom. The number of aromatic nitrogens is 5. The van der Waals surface area contributed by atoms with Gasteiger partial charge < -0.3 is 5.73 Å². The number of pyridine rings is 1. The third kappa shape index (κ3) is 4.74. The highest BCUT2D eigenvalue weighted by Gasteiger charge is 2.18. The molecule has 0 bridgehead atoms. The summed E-state index contributed by atoms with van der Waals surface area (Å²) in [4.78, 5) is 23.0. The van der Waals surface area contributed by atoms with Crippen molar-refractivity contribution in [3.63, 3.8) is 0 Å². The number of sulfone groups is 1. The van der Waals surface area contributed by atoms with Crippen LogP contribution in [0.2, 0.25) is 5.02 Å². The van der Waals surface area contributed by atoms with Gasteiger partial charge in [0.25, 0.3) is 5.56 Å². The Kier molecular flexibility index (Phi) is 6.21. The van der Waals surface area contributed by atoms with Crippen LogP contribution in [0.4, 0.5) is 5.82 Å². The monoisotopic (exact) mass is 568 g/mol. The van der Waals surface area contributed by atoms with Crippen molar-refractivity contribution in [3.05, 3.63) is 113 Å². The van der Waals surface area contributed by atoms with Crippen molar-refractivity contribution in [1.29, 1.82) is 0 Å². The molecule has 0 fully saturated rings. The lowest BCUT2D eigenvalue weighted by atomic mass is 10.0. The Bertz CT molecular complexity index is 2050. The van der Waals surface area contributed by atoms with Crippen LogP contribution in [0.25, 0.3) is 44.9 Å². The summed E-state index contributed by atoms with van der Waals surface area (Å²) in [5.41, 5.74) is 9.19. The van der Waals surface area contributed by atoms with Crippen LogP contribution in [-0.2, 0) is 9.84 Å². The number of hydrogen-bond acceptors (Lipinski definition) is 7. The molecule has 40 heavy (non-hydrogen) atoms. The summed E-state index contributed by atoms with van der Waals surface area (Å²) >= 11 is 6.12. The first-order chi connectivity index (χ1) is 19.2. The maximum atomic E-state index is 13.9. The number of nitrogen functional groups attached to an aromatic ring is 1. The minimum Gasteiger partial charge on any atom is -0.384 e. The standard InChI is InChI=1S/C29H21ClN6O3S/c1-40(38,39)24-4-2-3-23(15-24)35-17-25-27(34-35)33-28(36(29(25)37)22-12-10-21(30)11-13-22)19-7-5-18(6-8-19)20-9-14-26(31)32-16-20/h2-17H,1H3,(H2,31,32). The molecule has 198 valence electrons. The van der Waals surface area contributed by atoms with Gasteiger partial charge in [0.2, 0.25) is 0 Å². The van der Waals surface area contributed by atoms with Crippen LogP contribution in [0, 0.1) is 0 Å². The molecular formula is C29H21ClN6O3S. The van der Waals surface area contributed by atoms with Crippen molar-refractivity contribution in [3.8, 4) is 33.9 Å². The number of anilines is 1. The van der Waals surface area contributed by atoms with E-state index in [1.54, 1.807) is 54.9 Å². The summed E-state index contributed by atoms with van der Waals surface area (Å²) < 4.78 is 27.1. The number of halogens is 1. The topological polar surface area (TPSA) is 126 Å². The van der Waals surface area contributed by atoms with E-state index in [2.05, 4.69) is 10.1 Å². The molecule has 11 heteroatoms. The van der Waals surface area contributed by atoms with Crippen LogP contribution >= 0.6 is 11.6 Å². The molecule has 3 aromatic heterocycles. The molecule has 0 saturated carbocycles. The van der Waals surface area contributed by atoms with Crippen LogP contribution in [0.3, 0.4) is 0 Å². The third-order valence-corrected chi connectivity index (χ3v) is 7.77. The molecule has 0 aliphatic carbocycles. The quantitative estimate of drug-likeness (QED) is 0.312. The second-order valence-corrected chi connectivity index (χ2v) is 11.6. The molecular weight excluding hydrogens is 548 g/mol. The summed E-state index contributed by atoms with van der Waals surface area (Å²) in [5, 5.41) is 5.34. The lowest BCUT2D eigenvalue weighted by Gasteiger charge is -2.13. The third-order valence-electron chi connectivity index (χ3n) is 6.41. The molecule has 3 aromatic carbocycles. The number of benzene rings is 3. The van der Waals surface area contributed by atoms with E-state index in [1.807, 2.05) is 30.3 Å². The number of rotatable bonds is 5. The highest BCUT2D eigenvalue weighted by atomic mass is 35.5. The second kappa shape index (κ2) is 9.74. The molecule has 0 saturated heterocycles. The summed E-state index contributed by atoms with van der Waals surface area (Å²) in [6.07, 6.45) is 4.39. The van der Waals surface area contributed by atoms with Gasteiger partial charge in [-0.15, -0.1) is 5.10 Å². The van der Waals surface area contributed by atoms with Crippen LogP contribution in [-0.4, -0.2) is 39.0 Å². The second-order valence-electron chi connectivity index (χ2n) is 9.18. The van der Waals surface area contributed by atoms with Crippen molar-refractivity contribution in [2.24, 2.45) is 0 Å². The van der Waals surface area contributed by atoms with Gasteiger partial charge in [-0.05, 0) is 60.2 Å². The summed E-state index contributed by atoms with van der Waals surface area (Å²) in [5.74, 6) is 0.823. The van der Waals surface area contributed by atoms with E-state index in [1.165, 1.54) is 21.4 Å². The Morgan fingerprint density at radius 1 is 0.850 bits per heavy atom. The molecule has 3 heterocycles. The molecule has 6 rings (SSSR count). The number of fused-ring (bicyclic) bond motifs is 1. The molecule has 0 aliphatic heterocycles. The van der Waals surface area contributed by atoms with Gasteiger partial charge in [-0.3, -0.25) is 9.36 Å². The summed E-state index contributed by atoms with van der Waals surface area (Å²) in [6.45, 7) is 0. The van der Waals surface area contributed by atoms with E-state index in [4.69, 9.17) is 22.3 Å². The average Bonchev–Trinajstić information content (AvgIpc) is 3.39. The Balaban J connectivity index is 1.53. The van der Waals surface area contributed by atoms with Crippen molar-refractivity contribution in [1.82, 2.24) is 24.3 Å². The normalized spacial score (nSPS) is 11.7. The zero-order valence-corrected chi connectivity index (χ0v) is 22.6. The van der Waals surface area contributed by atoms with Gasteiger partial charge in [-0.1, -0.05) is 41.9 Å². The van der Waals surface area contributed by atoms with Gasteiger partial charge in [-0.25, -0.2) is 23.1 Å². The Hall–Kier alpha value is -4.80. The molecule has 0 atom stereocenters. The molecule has 6 aromatic rings. The van der Waals surface area contributed by atoms with Crippen molar-refractivity contribution in [2.75, 3.05) is 12.0 Å². The fraction of sp³-hybridized carbons (Fsp3) is 0.0345. The van der Waals surface area contributed by atoms with E-state index in [0.29, 0.717) is 33.6 Å². The summed E-state index contributed by atoms with van der Waals surface area (Å²) in [7, 11) is -3.43. The SMILES string of the molecule is CS(=O)(=O)c1cccc(-n2cc3c(=O)n(-c4ccc(Cl)cc4)c(-c4ccc(-c5ccc(N)nc5)cc4)nc3n2)c1. The Morgan fingerprint density at radius 3 is 2.23 bits per heavy atom. The van der Waals surface area contributed by atoms with E-state index in [9.17, 15) is 13.2 Å². The zero-order chi connectivity index (χ0) is 28.0. The molecule has 2 N–H and O–H groups in total. The van der Waals surface area contributed by atoms with Gasteiger partial charge in [0.15, 0.2) is 15.5 Å². The average molecular weight is 569 g/mol. The lowest BCUT2D eigenvalue weighted by molar-refractivity contribution is 0.601. The minimum atomic E-state index is -3.43. The van der Waals surface area contributed by atoms with Crippen LogP contribution < -0.4 is 11.3 Å². The fourth-order valence-electron chi connectivity index (χ4n) is 4.37.